The zero-order chi connectivity index (χ0) is 18.7. The standard InChI is InChI=1S/C21H31NO4/c1-4-7-19(23)22-13-12-21(24)11-6-5-8-17(21)20(22)16-14-15(25-2)9-10-18(16)26-3/h9-10,14,17,20,24H,4-8,11-13H2,1-3H3/t17-,20+,21-/m1/s1. The smallest absolute Gasteiger partial charge is 0.223 e. The van der Waals surface area contributed by atoms with E-state index in [0.717, 1.165) is 49.2 Å². The molecule has 0 aromatic heterocycles. The molecule has 0 radical (unpaired) electrons. The van der Waals surface area contributed by atoms with Gasteiger partial charge in [0.2, 0.25) is 5.91 Å². The first-order chi connectivity index (χ1) is 12.5. The van der Waals surface area contributed by atoms with Crippen LogP contribution in [-0.4, -0.2) is 42.3 Å². The molecule has 0 bridgehead atoms. The molecule has 0 unspecified atom stereocenters. The Morgan fingerprint density at radius 2 is 2.08 bits per heavy atom. The van der Waals surface area contributed by atoms with E-state index in [-0.39, 0.29) is 17.9 Å². The quantitative estimate of drug-likeness (QED) is 0.869. The van der Waals surface area contributed by atoms with Crippen molar-refractivity contribution in [3.8, 4) is 11.5 Å². The molecule has 2 fully saturated rings. The highest BCUT2D eigenvalue weighted by atomic mass is 16.5. The monoisotopic (exact) mass is 361 g/mol. The maximum Gasteiger partial charge on any atom is 0.223 e. The molecule has 3 atom stereocenters. The lowest BCUT2D eigenvalue weighted by Crippen LogP contribution is -2.56. The molecule has 1 aromatic rings. The predicted octanol–water partition coefficient (Wildman–Crippen LogP) is 3.70. The van der Waals surface area contributed by atoms with Crippen molar-refractivity contribution in [2.45, 2.75) is 63.5 Å². The van der Waals surface area contributed by atoms with Crippen LogP contribution in [0.1, 0.15) is 63.5 Å². The molecule has 0 spiro atoms. The number of hydrogen-bond acceptors (Lipinski definition) is 4. The Kier molecular flexibility index (Phi) is 5.76. The van der Waals surface area contributed by atoms with Gasteiger partial charge >= 0.3 is 0 Å². The molecule has 26 heavy (non-hydrogen) atoms. The fourth-order valence-corrected chi connectivity index (χ4v) is 4.77. The van der Waals surface area contributed by atoms with E-state index >= 15 is 0 Å². The van der Waals surface area contributed by atoms with Crippen LogP contribution in [0.25, 0.3) is 0 Å². The summed E-state index contributed by atoms with van der Waals surface area (Å²) in [7, 11) is 3.29. The van der Waals surface area contributed by atoms with Crippen LogP contribution in [0.3, 0.4) is 0 Å². The summed E-state index contributed by atoms with van der Waals surface area (Å²) in [4.78, 5) is 14.9. The summed E-state index contributed by atoms with van der Waals surface area (Å²) in [5.74, 6) is 1.69. The first-order valence-corrected chi connectivity index (χ1v) is 9.78. The zero-order valence-corrected chi connectivity index (χ0v) is 16.2. The van der Waals surface area contributed by atoms with Gasteiger partial charge < -0.3 is 19.5 Å². The Morgan fingerprint density at radius 1 is 1.27 bits per heavy atom. The molecule has 1 N–H and O–H groups in total. The maximum absolute atomic E-state index is 12.9. The van der Waals surface area contributed by atoms with Gasteiger partial charge in [-0.2, -0.15) is 0 Å². The second-order valence-corrected chi connectivity index (χ2v) is 7.60. The highest BCUT2D eigenvalue weighted by Gasteiger charge is 2.50. The summed E-state index contributed by atoms with van der Waals surface area (Å²) in [5, 5.41) is 11.3. The molecule has 5 heteroatoms. The van der Waals surface area contributed by atoms with Crippen molar-refractivity contribution in [2.24, 2.45) is 5.92 Å². The van der Waals surface area contributed by atoms with Crippen molar-refractivity contribution in [1.29, 1.82) is 0 Å². The van der Waals surface area contributed by atoms with Gasteiger partial charge in [-0.15, -0.1) is 0 Å². The number of carbonyl (C=O) groups excluding carboxylic acids is 1. The van der Waals surface area contributed by atoms with Gasteiger partial charge in [0.1, 0.15) is 11.5 Å². The number of likely N-dealkylation sites (tertiary alicyclic amines) is 1. The summed E-state index contributed by atoms with van der Waals surface area (Å²) in [6, 6.07) is 5.57. The van der Waals surface area contributed by atoms with Crippen LogP contribution < -0.4 is 9.47 Å². The average molecular weight is 361 g/mol. The van der Waals surface area contributed by atoms with E-state index in [1.165, 1.54) is 0 Å². The SMILES string of the molecule is CCCC(=O)N1CC[C@]2(O)CCCC[C@@H]2[C@@H]1c1cc(OC)ccc1OC. The molecule has 1 aliphatic heterocycles. The molecule has 1 amide bonds. The number of carbonyl (C=O) groups is 1. The zero-order valence-electron chi connectivity index (χ0n) is 16.2. The molecule has 144 valence electrons. The van der Waals surface area contributed by atoms with Crippen molar-refractivity contribution in [2.75, 3.05) is 20.8 Å². The number of rotatable bonds is 5. The summed E-state index contributed by atoms with van der Waals surface area (Å²) in [6.07, 6.45) is 5.91. The highest BCUT2D eigenvalue weighted by molar-refractivity contribution is 5.77. The Labute approximate surface area is 156 Å². The first kappa shape index (κ1) is 19.0. The van der Waals surface area contributed by atoms with Crippen molar-refractivity contribution < 1.29 is 19.4 Å². The van der Waals surface area contributed by atoms with Gasteiger partial charge in [-0.3, -0.25) is 4.79 Å². The third-order valence-electron chi connectivity index (χ3n) is 6.11. The molecule has 1 aliphatic carbocycles. The number of aliphatic hydroxyl groups is 1. The fraction of sp³-hybridized carbons (Fsp3) is 0.667. The Hall–Kier alpha value is -1.75. The van der Waals surface area contributed by atoms with Gasteiger partial charge in [0.15, 0.2) is 0 Å². The summed E-state index contributed by atoms with van der Waals surface area (Å²) < 4.78 is 11.1. The van der Waals surface area contributed by atoms with Crippen LogP contribution in [0, 0.1) is 5.92 Å². The number of amides is 1. The number of fused-ring (bicyclic) bond motifs is 1. The van der Waals surface area contributed by atoms with Crippen LogP contribution in [0.4, 0.5) is 0 Å². The summed E-state index contributed by atoms with van der Waals surface area (Å²) >= 11 is 0. The molecular formula is C21H31NO4. The number of hydrogen-bond donors (Lipinski definition) is 1. The molecule has 1 saturated heterocycles. The van der Waals surface area contributed by atoms with Crippen molar-refractivity contribution in [3.63, 3.8) is 0 Å². The van der Waals surface area contributed by atoms with E-state index in [9.17, 15) is 9.90 Å². The van der Waals surface area contributed by atoms with Gasteiger partial charge in [-0.1, -0.05) is 19.8 Å². The van der Waals surface area contributed by atoms with Crippen LogP contribution >= 0.6 is 0 Å². The number of benzene rings is 1. The number of methoxy groups -OCH3 is 2. The van der Waals surface area contributed by atoms with Gasteiger partial charge in [0.05, 0.1) is 25.9 Å². The van der Waals surface area contributed by atoms with Crippen molar-refractivity contribution >= 4 is 5.91 Å². The average Bonchev–Trinajstić information content (AvgIpc) is 2.66. The largest absolute Gasteiger partial charge is 0.497 e. The molecule has 2 aliphatic rings. The lowest BCUT2D eigenvalue weighted by Gasteiger charge is -2.52. The van der Waals surface area contributed by atoms with Crippen LogP contribution in [0.15, 0.2) is 18.2 Å². The van der Waals surface area contributed by atoms with E-state index in [1.54, 1.807) is 14.2 Å². The number of nitrogens with zero attached hydrogens (tertiary/aromatic N) is 1. The topological polar surface area (TPSA) is 59.0 Å². The van der Waals surface area contributed by atoms with Gasteiger partial charge in [0, 0.05) is 24.4 Å². The van der Waals surface area contributed by atoms with E-state index in [2.05, 4.69) is 0 Å². The van der Waals surface area contributed by atoms with E-state index in [1.807, 2.05) is 30.0 Å². The number of piperidine rings is 1. The van der Waals surface area contributed by atoms with Gasteiger partial charge in [-0.25, -0.2) is 0 Å². The lowest BCUT2D eigenvalue weighted by molar-refractivity contribution is -0.155. The summed E-state index contributed by atoms with van der Waals surface area (Å²) in [6.45, 7) is 2.62. The van der Waals surface area contributed by atoms with Crippen molar-refractivity contribution in [3.05, 3.63) is 23.8 Å². The van der Waals surface area contributed by atoms with E-state index in [4.69, 9.17) is 9.47 Å². The molecule has 5 nitrogen and oxygen atoms in total. The Bertz CT molecular complexity index is 647. The second kappa shape index (κ2) is 7.87. The van der Waals surface area contributed by atoms with Gasteiger partial charge in [0.25, 0.3) is 0 Å². The van der Waals surface area contributed by atoms with Gasteiger partial charge in [-0.05, 0) is 43.9 Å². The first-order valence-electron chi connectivity index (χ1n) is 9.78. The fourth-order valence-electron chi connectivity index (χ4n) is 4.77. The van der Waals surface area contributed by atoms with Crippen molar-refractivity contribution in [1.82, 2.24) is 4.90 Å². The Morgan fingerprint density at radius 3 is 2.77 bits per heavy atom. The normalized spacial score (nSPS) is 28.4. The maximum atomic E-state index is 12.9. The molecule has 1 saturated carbocycles. The summed E-state index contributed by atoms with van der Waals surface area (Å²) in [5.41, 5.74) is 0.251. The highest BCUT2D eigenvalue weighted by Crippen LogP contribution is 2.51. The van der Waals surface area contributed by atoms with Crippen LogP contribution in [-0.2, 0) is 4.79 Å². The minimum atomic E-state index is -0.694. The molecule has 3 rings (SSSR count). The lowest BCUT2D eigenvalue weighted by atomic mass is 9.66. The minimum Gasteiger partial charge on any atom is -0.497 e. The molecule has 1 heterocycles. The van der Waals surface area contributed by atoms with E-state index in [0.29, 0.717) is 19.4 Å². The molecular weight excluding hydrogens is 330 g/mol. The Balaban J connectivity index is 2.08. The predicted molar refractivity (Wildman–Crippen MR) is 100 cm³/mol. The minimum absolute atomic E-state index is 0.0341. The third kappa shape index (κ3) is 3.41. The van der Waals surface area contributed by atoms with Crippen LogP contribution in [0.5, 0.6) is 11.5 Å². The van der Waals surface area contributed by atoms with E-state index < -0.39 is 5.60 Å². The second-order valence-electron chi connectivity index (χ2n) is 7.60. The number of ether oxygens (including phenoxy) is 2. The van der Waals surface area contributed by atoms with Crippen LogP contribution in [0.2, 0.25) is 0 Å². The third-order valence-corrected chi connectivity index (χ3v) is 6.11. The molecule has 1 aromatic carbocycles.